The van der Waals surface area contributed by atoms with Crippen LogP contribution < -0.4 is 4.74 Å². The normalized spacial score (nSPS) is 17.7. The second-order valence-corrected chi connectivity index (χ2v) is 4.96. The summed E-state index contributed by atoms with van der Waals surface area (Å²) in [6, 6.07) is 7.64. The number of halogens is 1. The zero-order valence-electron chi connectivity index (χ0n) is 10.5. The summed E-state index contributed by atoms with van der Waals surface area (Å²) in [6.07, 6.45) is 2.16. The van der Waals surface area contributed by atoms with Crippen LogP contribution in [-0.2, 0) is 7.05 Å². The topological polar surface area (TPSA) is 44.1 Å². The van der Waals surface area contributed by atoms with Crippen LogP contribution >= 0.6 is 11.6 Å². The van der Waals surface area contributed by atoms with E-state index in [0.717, 1.165) is 11.3 Å². The van der Waals surface area contributed by atoms with Crippen molar-refractivity contribution in [1.82, 2.24) is 9.78 Å². The largest absolute Gasteiger partial charge is 0.493 e. The Morgan fingerprint density at radius 2 is 2.26 bits per heavy atom. The van der Waals surface area contributed by atoms with E-state index in [1.54, 1.807) is 7.05 Å². The Hall–Kier alpha value is -1.81. The number of ether oxygens (including phenoxy) is 1. The number of benzene rings is 1. The molecule has 2 heterocycles. The van der Waals surface area contributed by atoms with Gasteiger partial charge in [0.25, 0.3) is 0 Å². The van der Waals surface area contributed by atoms with Gasteiger partial charge in [0.1, 0.15) is 11.4 Å². The second kappa shape index (κ2) is 4.70. The first-order chi connectivity index (χ1) is 9.18. The van der Waals surface area contributed by atoms with E-state index in [1.165, 1.54) is 10.9 Å². The number of carbonyl (C=O) groups excluding carboxylic acids is 1. The minimum absolute atomic E-state index is 0.000694. The number of para-hydroxylation sites is 1. The van der Waals surface area contributed by atoms with Crippen molar-refractivity contribution >= 4 is 17.4 Å². The van der Waals surface area contributed by atoms with Crippen molar-refractivity contribution in [2.75, 3.05) is 6.61 Å². The van der Waals surface area contributed by atoms with Gasteiger partial charge in [-0.15, -0.1) is 0 Å². The van der Waals surface area contributed by atoms with Crippen molar-refractivity contribution in [2.24, 2.45) is 7.05 Å². The number of aromatic nitrogens is 2. The Kier molecular flexibility index (Phi) is 3.03. The fourth-order valence-electron chi connectivity index (χ4n) is 2.47. The van der Waals surface area contributed by atoms with Gasteiger partial charge < -0.3 is 4.74 Å². The summed E-state index contributed by atoms with van der Waals surface area (Å²) < 4.78 is 7.10. The fraction of sp³-hybridized carbons (Fsp3) is 0.286. The average molecular weight is 277 g/mol. The Morgan fingerprint density at radius 1 is 1.47 bits per heavy atom. The molecule has 1 aromatic carbocycles. The number of rotatable bonds is 2. The number of Topliss-reactive ketones (excluding diaryl/α,β-unsaturated/α-hetero) is 1. The van der Waals surface area contributed by atoms with Gasteiger partial charge in [-0.2, -0.15) is 5.10 Å². The molecule has 0 aliphatic carbocycles. The van der Waals surface area contributed by atoms with Crippen molar-refractivity contribution in [3.05, 3.63) is 46.7 Å². The first kappa shape index (κ1) is 12.2. The summed E-state index contributed by atoms with van der Waals surface area (Å²) in [5, 5.41) is 4.42. The highest BCUT2D eigenvalue weighted by molar-refractivity contribution is 6.33. The number of aryl methyl sites for hydroxylation is 1. The molecule has 98 valence electrons. The summed E-state index contributed by atoms with van der Waals surface area (Å²) in [4.78, 5) is 12.7. The number of hydrogen-bond donors (Lipinski definition) is 0. The average Bonchev–Trinajstić information content (AvgIpc) is 2.77. The van der Waals surface area contributed by atoms with E-state index in [0.29, 0.717) is 23.7 Å². The summed E-state index contributed by atoms with van der Waals surface area (Å²) >= 11 is 6.05. The zero-order valence-corrected chi connectivity index (χ0v) is 11.2. The molecule has 0 saturated heterocycles. The lowest BCUT2D eigenvalue weighted by atomic mass is 9.88. The third-order valence-electron chi connectivity index (χ3n) is 3.40. The minimum atomic E-state index is -0.210. The Labute approximate surface area is 115 Å². The third-order valence-corrected chi connectivity index (χ3v) is 3.68. The molecule has 3 rings (SSSR count). The number of hydrogen-bond acceptors (Lipinski definition) is 3. The smallest absolute Gasteiger partial charge is 0.190 e. The van der Waals surface area contributed by atoms with Crippen molar-refractivity contribution in [3.63, 3.8) is 0 Å². The molecule has 1 atom stereocenters. The van der Waals surface area contributed by atoms with Gasteiger partial charge in [-0.1, -0.05) is 29.8 Å². The van der Waals surface area contributed by atoms with Gasteiger partial charge in [0, 0.05) is 12.6 Å². The highest BCUT2D eigenvalue weighted by Gasteiger charge is 2.31. The predicted octanol–water partition coefficient (Wildman–Crippen LogP) is 2.82. The summed E-state index contributed by atoms with van der Waals surface area (Å²) in [5.41, 5.74) is 1.39. The van der Waals surface area contributed by atoms with E-state index in [2.05, 4.69) is 5.10 Å². The molecule has 2 aromatic rings. The van der Waals surface area contributed by atoms with Gasteiger partial charge >= 0.3 is 0 Å². The molecule has 0 N–H and O–H groups in total. The third kappa shape index (κ3) is 2.02. The van der Waals surface area contributed by atoms with Crippen LogP contribution in [0.15, 0.2) is 30.5 Å². The summed E-state index contributed by atoms with van der Waals surface area (Å²) in [7, 11) is 1.73. The molecule has 0 saturated carbocycles. The van der Waals surface area contributed by atoms with Gasteiger partial charge in [0.05, 0.1) is 23.7 Å². The highest BCUT2D eigenvalue weighted by Crippen LogP contribution is 2.36. The summed E-state index contributed by atoms with van der Waals surface area (Å²) in [5.74, 6) is 0.573. The first-order valence-corrected chi connectivity index (χ1v) is 6.49. The molecule has 19 heavy (non-hydrogen) atoms. The van der Waals surface area contributed by atoms with E-state index in [4.69, 9.17) is 16.3 Å². The van der Waals surface area contributed by atoms with Crippen LogP contribution in [0.2, 0.25) is 5.02 Å². The Balaban J connectivity index is 2.03. The molecule has 0 fully saturated rings. The van der Waals surface area contributed by atoms with Crippen molar-refractivity contribution in [1.29, 1.82) is 0 Å². The van der Waals surface area contributed by atoms with Crippen LogP contribution in [0.1, 0.15) is 28.4 Å². The molecule has 4 nitrogen and oxygen atoms in total. The molecular formula is C14H13ClN2O2. The lowest BCUT2D eigenvalue weighted by molar-refractivity contribution is 0.0924. The van der Waals surface area contributed by atoms with Gasteiger partial charge in [0.2, 0.25) is 0 Å². The maximum absolute atomic E-state index is 12.7. The first-order valence-electron chi connectivity index (χ1n) is 6.12. The maximum atomic E-state index is 12.7. The van der Waals surface area contributed by atoms with E-state index in [1.807, 2.05) is 24.3 Å². The second-order valence-electron chi connectivity index (χ2n) is 4.56. The van der Waals surface area contributed by atoms with Crippen molar-refractivity contribution < 1.29 is 9.53 Å². The molecule has 5 heteroatoms. The monoisotopic (exact) mass is 276 g/mol. The maximum Gasteiger partial charge on any atom is 0.190 e. The van der Waals surface area contributed by atoms with Gasteiger partial charge in [0.15, 0.2) is 5.78 Å². The number of fused-ring (bicyclic) bond motifs is 1. The van der Waals surface area contributed by atoms with Crippen LogP contribution in [0, 0.1) is 0 Å². The molecule has 1 aliphatic heterocycles. The molecular weight excluding hydrogens is 264 g/mol. The van der Waals surface area contributed by atoms with Crippen LogP contribution in [0.5, 0.6) is 5.75 Å². The standard InChI is InChI=1S/C14H13ClN2O2/c1-17-13(11(15)8-16-17)14(18)10-6-7-19-12-5-3-2-4-9(10)12/h2-5,8,10H,6-7H2,1H3. The van der Waals surface area contributed by atoms with E-state index >= 15 is 0 Å². The predicted molar refractivity (Wildman–Crippen MR) is 71.8 cm³/mol. The van der Waals surface area contributed by atoms with E-state index in [-0.39, 0.29) is 11.7 Å². The van der Waals surface area contributed by atoms with Crippen LogP contribution in [0.3, 0.4) is 0 Å². The number of ketones is 1. The fourth-order valence-corrected chi connectivity index (χ4v) is 2.73. The zero-order chi connectivity index (χ0) is 13.4. The highest BCUT2D eigenvalue weighted by atomic mass is 35.5. The van der Waals surface area contributed by atoms with Crippen LogP contribution in [0.25, 0.3) is 0 Å². The van der Waals surface area contributed by atoms with Gasteiger partial charge in [-0.3, -0.25) is 9.48 Å². The van der Waals surface area contributed by atoms with Crippen LogP contribution in [-0.4, -0.2) is 22.2 Å². The molecule has 1 unspecified atom stereocenters. The van der Waals surface area contributed by atoms with Gasteiger partial charge in [-0.25, -0.2) is 0 Å². The molecule has 0 spiro atoms. The summed E-state index contributed by atoms with van der Waals surface area (Å²) in [6.45, 7) is 0.545. The molecule has 0 radical (unpaired) electrons. The van der Waals surface area contributed by atoms with Crippen molar-refractivity contribution in [2.45, 2.75) is 12.3 Å². The Bertz CT molecular complexity index is 617. The van der Waals surface area contributed by atoms with Gasteiger partial charge in [-0.05, 0) is 12.5 Å². The van der Waals surface area contributed by atoms with E-state index < -0.39 is 0 Å². The van der Waals surface area contributed by atoms with Crippen LogP contribution in [0.4, 0.5) is 0 Å². The molecule has 1 aromatic heterocycles. The number of carbonyl (C=O) groups is 1. The molecule has 1 aliphatic rings. The number of nitrogens with zero attached hydrogens (tertiary/aromatic N) is 2. The molecule has 0 amide bonds. The quantitative estimate of drug-likeness (QED) is 0.792. The van der Waals surface area contributed by atoms with Crippen molar-refractivity contribution in [3.8, 4) is 5.75 Å². The lowest BCUT2D eigenvalue weighted by Crippen LogP contribution is -2.23. The minimum Gasteiger partial charge on any atom is -0.493 e. The lowest BCUT2D eigenvalue weighted by Gasteiger charge is -2.24. The Morgan fingerprint density at radius 3 is 3.00 bits per heavy atom. The SMILES string of the molecule is Cn1ncc(Cl)c1C(=O)C1CCOc2ccccc21. The van der Waals surface area contributed by atoms with E-state index in [9.17, 15) is 4.79 Å². The molecule has 0 bridgehead atoms.